The number of hydrogen-bond donors (Lipinski definition) is 3. The first-order valence-electron chi connectivity index (χ1n) is 5.28. The average Bonchev–Trinajstić information content (AvgIpc) is 2.37. The Kier molecular flexibility index (Phi) is 4.97. The number of carboxylic acids is 1. The monoisotopic (exact) mass is 312 g/mol. The first-order valence-corrected chi connectivity index (χ1v) is 6.07. The largest absolute Gasteiger partial charge is 0.504 e. The predicted octanol–water partition coefficient (Wildman–Crippen LogP) is 3.49. The molecule has 2 rings (SSSR count). The average molecular weight is 313 g/mol. The van der Waals surface area contributed by atoms with Gasteiger partial charge in [-0.3, -0.25) is 4.79 Å². The Morgan fingerprint density at radius 1 is 1.22 bits per heavy atom. The maximum Gasteiger partial charge on any atom is 0.303 e. The fourth-order valence-corrected chi connectivity index (χ4v) is 1.72. The summed E-state index contributed by atoms with van der Waals surface area (Å²) in [4.78, 5) is 9.37. The molecule has 0 atom stereocenters. The Labute approximate surface area is 113 Å². The van der Waals surface area contributed by atoms with Crippen LogP contribution in [0.15, 0.2) is 34.8 Å². The second-order valence-corrected chi connectivity index (χ2v) is 4.38. The molecule has 5 heteroatoms. The van der Waals surface area contributed by atoms with Crippen LogP contribution in [-0.2, 0) is 4.79 Å². The third-order valence-corrected chi connectivity index (χ3v) is 2.86. The highest BCUT2D eigenvalue weighted by Gasteiger charge is 2.08. The second kappa shape index (κ2) is 6.26. The molecule has 0 spiro atoms. The number of aliphatic carboxylic acids is 1. The Bertz CT molecular complexity index is 566. The van der Waals surface area contributed by atoms with Crippen molar-refractivity contribution in [3.63, 3.8) is 0 Å². The van der Waals surface area contributed by atoms with E-state index in [0.717, 1.165) is 5.39 Å². The SMILES string of the molecule is CCC(=O)O.Oc1c(Br)cc2ccccc2c1O. The van der Waals surface area contributed by atoms with Crippen molar-refractivity contribution in [1.82, 2.24) is 0 Å². The highest BCUT2D eigenvalue weighted by atomic mass is 79.9. The summed E-state index contributed by atoms with van der Waals surface area (Å²) in [6, 6.07) is 9.10. The minimum absolute atomic E-state index is 0.0787. The van der Waals surface area contributed by atoms with E-state index in [0.29, 0.717) is 9.86 Å². The van der Waals surface area contributed by atoms with Crippen LogP contribution in [0.1, 0.15) is 13.3 Å². The standard InChI is InChI=1S/C10H7BrO2.C3H6O2/c11-8-5-6-3-1-2-4-7(6)9(12)10(8)13;1-2-3(4)5/h1-5,12-13H;2H2,1H3,(H,4,5). The lowest BCUT2D eigenvalue weighted by atomic mass is 10.1. The minimum Gasteiger partial charge on any atom is -0.504 e. The molecule has 0 bridgehead atoms. The maximum absolute atomic E-state index is 9.56. The van der Waals surface area contributed by atoms with Crippen LogP contribution in [0.5, 0.6) is 11.5 Å². The zero-order valence-corrected chi connectivity index (χ0v) is 11.3. The van der Waals surface area contributed by atoms with E-state index in [1.54, 1.807) is 19.1 Å². The number of benzene rings is 2. The van der Waals surface area contributed by atoms with Crippen LogP contribution in [0.2, 0.25) is 0 Å². The molecule has 0 saturated carbocycles. The van der Waals surface area contributed by atoms with Crippen molar-refractivity contribution in [3.05, 3.63) is 34.8 Å². The van der Waals surface area contributed by atoms with Crippen molar-refractivity contribution in [2.24, 2.45) is 0 Å². The molecule has 0 saturated heterocycles. The highest BCUT2D eigenvalue weighted by Crippen LogP contribution is 2.39. The van der Waals surface area contributed by atoms with Gasteiger partial charge in [-0.2, -0.15) is 0 Å². The molecule has 2 aromatic carbocycles. The predicted molar refractivity (Wildman–Crippen MR) is 72.9 cm³/mol. The van der Waals surface area contributed by atoms with Crippen molar-refractivity contribution in [1.29, 1.82) is 0 Å². The van der Waals surface area contributed by atoms with Gasteiger partial charge in [-0.05, 0) is 27.4 Å². The summed E-state index contributed by atoms with van der Waals surface area (Å²) in [6.07, 6.45) is 0.222. The van der Waals surface area contributed by atoms with E-state index >= 15 is 0 Å². The van der Waals surface area contributed by atoms with E-state index < -0.39 is 5.97 Å². The summed E-state index contributed by atoms with van der Waals surface area (Å²) >= 11 is 3.16. The number of aromatic hydroxyl groups is 2. The Morgan fingerprint density at radius 3 is 2.33 bits per heavy atom. The van der Waals surface area contributed by atoms with Crippen molar-refractivity contribution < 1.29 is 20.1 Å². The lowest BCUT2D eigenvalue weighted by Crippen LogP contribution is -1.86. The highest BCUT2D eigenvalue weighted by molar-refractivity contribution is 9.10. The molecule has 0 aromatic heterocycles. The van der Waals surface area contributed by atoms with E-state index in [1.165, 1.54) is 0 Å². The molecule has 96 valence electrons. The van der Waals surface area contributed by atoms with Crippen molar-refractivity contribution >= 4 is 32.7 Å². The molecule has 18 heavy (non-hydrogen) atoms. The van der Waals surface area contributed by atoms with E-state index in [4.69, 9.17) is 5.11 Å². The lowest BCUT2D eigenvalue weighted by Gasteiger charge is -2.04. The Hall–Kier alpha value is -1.75. The van der Waals surface area contributed by atoms with Gasteiger partial charge in [-0.15, -0.1) is 0 Å². The van der Waals surface area contributed by atoms with E-state index in [2.05, 4.69) is 15.9 Å². The summed E-state index contributed by atoms with van der Waals surface area (Å²) in [6.45, 7) is 1.60. The smallest absolute Gasteiger partial charge is 0.303 e. The van der Waals surface area contributed by atoms with Crippen LogP contribution in [0.3, 0.4) is 0 Å². The van der Waals surface area contributed by atoms with Crippen LogP contribution < -0.4 is 0 Å². The third kappa shape index (κ3) is 3.37. The van der Waals surface area contributed by atoms with Crippen LogP contribution >= 0.6 is 15.9 Å². The van der Waals surface area contributed by atoms with Gasteiger partial charge in [0.15, 0.2) is 11.5 Å². The summed E-state index contributed by atoms with van der Waals surface area (Å²) in [5.74, 6) is -0.936. The molecule has 0 unspecified atom stereocenters. The number of carboxylic acid groups (broad SMARTS) is 1. The maximum atomic E-state index is 9.56. The fraction of sp³-hybridized carbons (Fsp3) is 0.154. The first kappa shape index (κ1) is 14.3. The summed E-state index contributed by atoms with van der Waals surface area (Å²) < 4.78 is 0.503. The van der Waals surface area contributed by atoms with Crippen molar-refractivity contribution in [2.45, 2.75) is 13.3 Å². The van der Waals surface area contributed by atoms with E-state index in [9.17, 15) is 15.0 Å². The number of fused-ring (bicyclic) bond motifs is 1. The van der Waals surface area contributed by atoms with Crippen molar-refractivity contribution in [2.75, 3.05) is 0 Å². The molecule has 0 fully saturated rings. The zero-order chi connectivity index (χ0) is 13.7. The second-order valence-electron chi connectivity index (χ2n) is 3.52. The normalized spacial score (nSPS) is 9.67. The number of rotatable bonds is 1. The molecule has 4 nitrogen and oxygen atoms in total. The van der Waals surface area contributed by atoms with Gasteiger partial charge < -0.3 is 15.3 Å². The summed E-state index contributed by atoms with van der Waals surface area (Å²) in [7, 11) is 0. The lowest BCUT2D eigenvalue weighted by molar-refractivity contribution is -0.136. The van der Waals surface area contributed by atoms with Gasteiger partial charge in [0.2, 0.25) is 0 Å². The molecule has 0 heterocycles. The van der Waals surface area contributed by atoms with Crippen LogP contribution in [-0.4, -0.2) is 21.3 Å². The van der Waals surface area contributed by atoms with Gasteiger partial charge in [-0.25, -0.2) is 0 Å². The Morgan fingerprint density at radius 2 is 1.78 bits per heavy atom. The molecule has 2 aromatic rings. The van der Waals surface area contributed by atoms with Crippen LogP contribution in [0, 0.1) is 0 Å². The quantitative estimate of drug-likeness (QED) is 0.704. The molecule has 3 N–H and O–H groups in total. The number of phenols is 2. The molecule has 0 aliphatic carbocycles. The Balaban J connectivity index is 0.000000280. The third-order valence-electron chi connectivity index (χ3n) is 2.25. The molecule has 0 aliphatic heterocycles. The van der Waals surface area contributed by atoms with Gasteiger partial charge >= 0.3 is 5.97 Å². The van der Waals surface area contributed by atoms with Crippen molar-refractivity contribution in [3.8, 4) is 11.5 Å². The molecular formula is C13H13BrO4. The first-order chi connectivity index (χ1) is 8.47. The molecule has 0 radical (unpaired) electrons. The topological polar surface area (TPSA) is 77.8 Å². The van der Waals surface area contributed by atoms with Gasteiger partial charge in [0.1, 0.15) is 0 Å². The van der Waals surface area contributed by atoms with Gasteiger partial charge in [0.05, 0.1) is 4.47 Å². The number of phenolic OH excluding ortho intramolecular Hbond substituents is 2. The number of carbonyl (C=O) groups is 1. The van der Waals surface area contributed by atoms with E-state index in [1.807, 2.05) is 18.2 Å². The fourth-order valence-electron chi connectivity index (χ4n) is 1.28. The molecule has 0 aliphatic rings. The van der Waals surface area contributed by atoms with Crippen LogP contribution in [0.25, 0.3) is 10.8 Å². The number of hydrogen-bond acceptors (Lipinski definition) is 3. The molecule has 0 amide bonds. The van der Waals surface area contributed by atoms with Gasteiger partial charge in [0.25, 0.3) is 0 Å². The minimum atomic E-state index is -0.745. The van der Waals surface area contributed by atoms with Gasteiger partial charge in [-0.1, -0.05) is 31.2 Å². The van der Waals surface area contributed by atoms with Gasteiger partial charge in [0, 0.05) is 11.8 Å². The van der Waals surface area contributed by atoms with E-state index in [-0.39, 0.29) is 17.9 Å². The van der Waals surface area contributed by atoms with Crippen LogP contribution in [0.4, 0.5) is 0 Å². The summed E-state index contributed by atoms with van der Waals surface area (Å²) in [5.41, 5.74) is 0. The number of halogens is 1. The molecular weight excluding hydrogens is 300 g/mol. The zero-order valence-electron chi connectivity index (χ0n) is 9.72. The summed E-state index contributed by atoms with van der Waals surface area (Å²) in [5, 5.41) is 28.2.